The van der Waals surface area contributed by atoms with Gasteiger partial charge in [0.15, 0.2) is 0 Å². The first-order valence-electron chi connectivity index (χ1n) is 4.21. The quantitative estimate of drug-likeness (QED) is 0.303. The summed E-state index contributed by atoms with van der Waals surface area (Å²) < 4.78 is 4.14. The molecule has 18 heavy (non-hydrogen) atoms. The summed E-state index contributed by atoms with van der Waals surface area (Å²) in [5.41, 5.74) is 4.91. The van der Waals surface area contributed by atoms with E-state index in [2.05, 4.69) is 11.3 Å². The molecule has 0 aliphatic heterocycles. The van der Waals surface area contributed by atoms with Gasteiger partial charge >= 0.3 is 109 Å². The zero-order chi connectivity index (χ0) is 13.1. The van der Waals surface area contributed by atoms with E-state index in [0.717, 1.165) is 6.08 Å². The van der Waals surface area contributed by atoms with Gasteiger partial charge in [0.25, 0.3) is 0 Å². The van der Waals surface area contributed by atoms with E-state index in [0.29, 0.717) is 0 Å². The van der Waals surface area contributed by atoms with Crippen molar-refractivity contribution in [3.63, 3.8) is 0 Å². The van der Waals surface area contributed by atoms with Crippen LogP contribution in [0.15, 0.2) is 12.7 Å². The van der Waals surface area contributed by atoms with Gasteiger partial charge in [-0.1, -0.05) is 6.58 Å². The molecule has 2 N–H and O–H groups in total. The van der Waals surface area contributed by atoms with Crippen LogP contribution >= 0.6 is 0 Å². The van der Waals surface area contributed by atoms with Gasteiger partial charge in [-0.05, 0) is 12.8 Å². The van der Waals surface area contributed by atoms with Gasteiger partial charge in [-0.3, -0.25) is 0 Å². The Kier molecular flexibility index (Phi) is 28.3. The summed E-state index contributed by atoms with van der Waals surface area (Å²) in [5, 5.41) is 19.6. The SMILES string of the molecule is C=CC(=O)OC.NC(CCC(=O)[O-])C(=O)[O-].[K+].[K+]. The molecule has 0 aliphatic carbocycles. The molecule has 0 radical (unpaired) electrons. The Hall–Kier alpha value is 1.38. The number of ether oxygens (including phenoxy) is 1. The number of nitrogens with two attached hydrogens (primary N) is 1. The normalized spacial score (nSPS) is 9.22. The van der Waals surface area contributed by atoms with E-state index in [9.17, 15) is 24.6 Å². The number of carboxylic acids is 2. The number of hydrogen-bond acceptors (Lipinski definition) is 7. The number of hydrogen-bond donors (Lipinski definition) is 1. The van der Waals surface area contributed by atoms with Crippen LogP contribution in [0.1, 0.15) is 12.8 Å². The van der Waals surface area contributed by atoms with Crippen LogP contribution in [-0.4, -0.2) is 31.1 Å². The van der Waals surface area contributed by atoms with Crippen molar-refractivity contribution in [3.05, 3.63) is 12.7 Å². The van der Waals surface area contributed by atoms with Crippen LogP contribution in [0.5, 0.6) is 0 Å². The van der Waals surface area contributed by atoms with Crippen molar-refractivity contribution in [2.45, 2.75) is 18.9 Å². The third-order valence-electron chi connectivity index (χ3n) is 1.33. The maximum atomic E-state index is 9.86. The molecule has 0 spiro atoms. The fourth-order valence-corrected chi connectivity index (χ4v) is 0.475. The van der Waals surface area contributed by atoms with Crippen molar-refractivity contribution in [2.75, 3.05) is 7.11 Å². The summed E-state index contributed by atoms with van der Waals surface area (Å²) in [6, 6.07) is -1.21. The average Bonchev–Trinajstić information content (AvgIpc) is 2.25. The first-order valence-corrected chi connectivity index (χ1v) is 4.21. The number of esters is 1. The van der Waals surface area contributed by atoms with Crippen LogP contribution in [0, 0.1) is 0 Å². The molecule has 0 aromatic heterocycles. The Morgan fingerprint density at radius 1 is 1.33 bits per heavy atom. The van der Waals surface area contributed by atoms with Crippen molar-refractivity contribution in [1.29, 1.82) is 0 Å². The standard InChI is InChI=1S/C5H9NO4.C4H6O2.2K/c6-3(5(9)10)1-2-4(7)8;1-3-4(5)6-2;;/h3H,1-2,6H2,(H,7,8)(H,9,10);3H,1H2,2H3;;/q;;2*+1/p-2. The number of methoxy groups -OCH3 is 1. The molecule has 0 heterocycles. The number of carboxylic acid groups (broad SMARTS) is 2. The Balaban J connectivity index is -0.000000108. The predicted octanol–water partition coefficient (Wildman–Crippen LogP) is -9.05. The molecule has 92 valence electrons. The minimum atomic E-state index is -1.44. The van der Waals surface area contributed by atoms with E-state index in [1.165, 1.54) is 7.11 Å². The van der Waals surface area contributed by atoms with Gasteiger partial charge in [0, 0.05) is 18.1 Å². The maximum Gasteiger partial charge on any atom is 1.00 e. The molecular weight excluding hydrogens is 296 g/mol. The Bertz CT molecular complexity index is 272. The van der Waals surface area contributed by atoms with Crippen LogP contribution in [0.2, 0.25) is 0 Å². The first-order chi connectivity index (χ1) is 7.34. The summed E-state index contributed by atoms with van der Waals surface area (Å²) in [6.45, 7) is 3.16. The van der Waals surface area contributed by atoms with Crippen LogP contribution < -0.4 is 119 Å². The maximum absolute atomic E-state index is 9.86. The molecule has 0 aromatic rings. The molecule has 7 nitrogen and oxygen atoms in total. The minimum Gasteiger partial charge on any atom is -0.550 e. The van der Waals surface area contributed by atoms with Crippen molar-refractivity contribution >= 4 is 17.9 Å². The largest absolute Gasteiger partial charge is 1.00 e. The van der Waals surface area contributed by atoms with Crippen LogP contribution in [-0.2, 0) is 19.1 Å². The van der Waals surface area contributed by atoms with Gasteiger partial charge in [0.2, 0.25) is 0 Å². The molecule has 0 aromatic carbocycles. The predicted molar refractivity (Wildman–Crippen MR) is 49.4 cm³/mol. The van der Waals surface area contributed by atoms with E-state index in [1.54, 1.807) is 0 Å². The third-order valence-corrected chi connectivity index (χ3v) is 1.33. The molecule has 0 saturated heterocycles. The van der Waals surface area contributed by atoms with E-state index in [1.807, 2.05) is 0 Å². The van der Waals surface area contributed by atoms with Crippen molar-refractivity contribution < 1.29 is 132 Å². The molecule has 0 rings (SSSR count). The second kappa shape index (κ2) is 18.4. The third kappa shape index (κ3) is 22.6. The summed E-state index contributed by atoms with van der Waals surface area (Å²) in [7, 11) is 1.31. The fourth-order valence-electron chi connectivity index (χ4n) is 0.475. The van der Waals surface area contributed by atoms with E-state index in [4.69, 9.17) is 5.73 Å². The Morgan fingerprint density at radius 2 is 1.78 bits per heavy atom. The van der Waals surface area contributed by atoms with Gasteiger partial charge in [0.05, 0.1) is 13.1 Å². The summed E-state index contributed by atoms with van der Waals surface area (Å²) in [5.74, 6) is -3.15. The number of carbonyl (C=O) groups excluding carboxylic acids is 3. The number of carbonyl (C=O) groups is 3. The van der Waals surface area contributed by atoms with Gasteiger partial charge in [-0.15, -0.1) is 0 Å². The van der Waals surface area contributed by atoms with Crippen molar-refractivity contribution in [3.8, 4) is 0 Å². The molecule has 0 fully saturated rings. The number of rotatable bonds is 5. The van der Waals surface area contributed by atoms with Gasteiger partial charge in [0.1, 0.15) is 0 Å². The van der Waals surface area contributed by atoms with Crippen molar-refractivity contribution in [2.24, 2.45) is 5.73 Å². The molecule has 0 aliphatic rings. The molecule has 0 saturated carbocycles. The molecule has 1 atom stereocenters. The Labute approximate surface area is 190 Å². The minimum absolute atomic E-state index is 0. The monoisotopic (exact) mass is 309 g/mol. The van der Waals surface area contributed by atoms with E-state index in [-0.39, 0.29) is 116 Å². The smallest absolute Gasteiger partial charge is 0.550 e. The van der Waals surface area contributed by atoms with Gasteiger partial charge < -0.3 is 30.3 Å². The van der Waals surface area contributed by atoms with Crippen molar-refractivity contribution in [1.82, 2.24) is 0 Å². The molecule has 0 bridgehead atoms. The van der Waals surface area contributed by atoms with E-state index < -0.39 is 23.9 Å². The zero-order valence-electron chi connectivity index (χ0n) is 10.8. The van der Waals surface area contributed by atoms with Gasteiger partial charge in [-0.2, -0.15) is 0 Å². The second-order valence-corrected chi connectivity index (χ2v) is 2.56. The van der Waals surface area contributed by atoms with Gasteiger partial charge in [-0.25, -0.2) is 4.79 Å². The number of aliphatic carboxylic acids is 2. The topological polar surface area (TPSA) is 133 Å². The zero-order valence-corrected chi connectivity index (χ0v) is 17.0. The summed E-state index contributed by atoms with van der Waals surface area (Å²) in [4.78, 5) is 29.4. The first kappa shape index (κ1) is 27.7. The molecule has 0 amide bonds. The van der Waals surface area contributed by atoms with Crippen LogP contribution in [0.3, 0.4) is 0 Å². The molecule has 9 heteroatoms. The summed E-state index contributed by atoms with van der Waals surface area (Å²) >= 11 is 0. The fraction of sp³-hybridized carbons (Fsp3) is 0.444. The molecular formula is C9H13K2NO6. The Morgan fingerprint density at radius 3 is 1.94 bits per heavy atom. The second-order valence-electron chi connectivity index (χ2n) is 2.56. The van der Waals surface area contributed by atoms with Crippen LogP contribution in [0.4, 0.5) is 0 Å². The van der Waals surface area contributed by atoms with E-state index >= 15 is 0 Å². The average molecular weight is 309 g/mol. The summed E-state index contributed by atoms with van der Waals surface area (Å²) in [6.07, 6.45) is 0.611. The van der Waals surface area contributed by atoms with Crippen LogP contribution in [0.25, 0.3) is 0 Å². The molecule has 1 unspecified atom stereocenters.